The van der Waals surface area contributed by atoms with E-state index in [1.54, 1.807) is 12.3 Å². The highest BCUT2D eigenvalue weighted by atomic mass is 35.5. The van der Waals surface area contributed by atoms with Crippen LogP contribution in [0, 0.1) is 0 Å². The molecule has 1 aliphatic rings. The van der Waals surface area contributed by atoms with E-state index in [1.165, 1.54) is 6.42 Å². The largest absolute Gasteiger partial charge is 0.409 e. The van der Waals surface area contributed by atoms with Crippen LogP contribution in [0.4, 0.5) is 5.82 Å². The highest BCUT2D eigenvalue weighted by molar-refractivity contribution is 6.36. The summed E-state index contributed by atoms with van der Waals surface area (Å²) in [7, 11) is 1.97. The maximum Gasteiger partial charge on any atom is 0.171 e. The van der Waals surface area contributed by atoms with Gasteiger partial charge in [-0.3, -0.25) is 0 Å². The van der Waals surface area contributed by atoms with Crippen LogP contribution in [-0.4, -0.2) is 29.1 Å². The molecule has 0 amide bonds. The van der Waals surface area contributed by atoms with Crippen LogP contribution in [0.5, 0.6) is 0 Å². The Morgan fingerprint density at radius 2 is 2.35 bits per heavy atom. The number of hydrogen-bond donors (Lipinski definition) is 2. The Kier molecular flexibility index (Phi) is 3.38. The van der Waals surface area contributed by atoms with Crippen LogP contribution in [0.1, 0.15) is 24.8 Å². The molecule has 0 atom stereocenters. The van der Waals surface area contributed by atoms with Gasteiger partial charge in [-0.1, -0.05) is 16.8 Å². The number of anilines is 1. The van der Waals surface area contributed by atoms with Gasteiger partial charge in [-0.25, -0.2) is 4.98 Å². The lowest BCUT2D eigenvalue weighted by Crippen LogP contribution is -2.38. The fraction of sp³-hybridized carbons (Fsp3) is 0.455. The number of amidine groups is 1. The summed E-state index contributed by atoms with van der Waals surface area (Å²) in [5.74, 6) is 0.682. The number of halogens is 1. The SMILES string of the molecule is CN(c1nccc(/C(N)=N/O)c1Cl)C1CCC1. The second-order valence-corrected chi connectivity index (χ2v) is 4.55. The zero-order chi connectivity index (χ0) is 12.4. The van der Waals surface area contributed by atoms with Gasteiger partial charge in [0.1, 0.15) is 5.82 Å². The average molecular weight is 255 g/mol. The Labute approximate surface area is 105 Å². The van der Waals surface area contributed by atoms with Crippen molar-refractivity contribution in [3.05, 3.63) is 22.8 Å². The van der Waals surface area contributed by atoms with Crippen molar-refractivity contribution in [2.75, 3.05) is 11.9 Å². The van der Waals surface area contributed by atoms with Gasteiger partial charge < -0.3 is 15.8 Å². The predicted molar refractivity (Wildman–Crippen MR) is 67.8 cm³/mol. The number of aromatic nitrogens is 1. The number of hydrogen-bond acceptors (Lipinski definition) is 4. The van der Waals surface area contributed by atoms with Crippen molar-refractivity contribution in [1.29, 1.82) is 0 Å². The monoisotopic (exact) mass is 254 g/mol. The Hall–Kier alpha value is -1.49. The van der Waals surface area contributed by atoms with Crippen molar-refractivity contribution in [2.45, 2.75) is 25.3 Å². The van der Waals surface area contributed by atoms with E-state index >= 15 is 0 Å². The number of pyridine rings is 1. The second kappa shape index (κ2) is 4.79. The van der Waals surface area contributed by atoms with Gasteiger partial charge in [0.2, 0.25) is 0 Å². The summed E-state index contributed by atoms with van der Waals surface area (Å²) in [5.41, 5.74) is 6.06. The summed E-state index contributed by atoms with van der Waals surface area (Å²) in [6, 6.07) is 2.12. The van der Waals surface area contributed by atoms with Gasteiger partial charge in [0.15, 0.2) is 5.84 Å². The topological polar surface area (TPSA) is 74.7 Å². The quantitative estimate of drug-likeness (QED) is 0.373. The molecule has 0 aliphatic heterocycles. The van der Waals surface area contributed by atoms with Gasteiger partial charge in [-0.15, -0.1) is 0 Å². The van der Waals surface area contributed by atoms with Crippen LogP contribution in [0.3, 0.4) is 0 Å². The molecule has 0 bridgehead atoms. The van der Waals surface area contributed by atoms with E-state index < -0.39 is 0 Å². The summed E-state index contributed by atoms with van der Waals surface area (Å²) >= 11 is 6.23. The Bertz CT molecular complexity index is 445. The molecule has 1 saturated carbocycles. The maximum atomic E-state index is 8.68. The molecule has 1 fully saturated rings. The summed E-state index contributed by atoms with van der Waals surface area (Å²) < 4.78 is 0. The standard InChI is InChI=1S/C11H15ClN4O/c1-16(7-3-2-4-7)11-9(12)8(5-6-14-11)10(13)15-17/h5-7,17H,2-4H2,1H3,(H2,13,15). The molecule has 0 spiro atoms. The number of nitrogens with two attached hydrogens (primary N) is 1. The molecule has 0 saturated heterocycles. The van der Waals surface area contributed by atoms with Crippen LogP contribution in [0.25, 0.3) is 0 Å². The first-order valence-corrected chi connectivity index (χ1v) is 5.88. The lowest BCUT2D eigenvalue weighted by molar-refractivity contribution is 0.318. The molecule has 1 heterocycles. The van der Waals surface area contributed by atoms with Crippen LogP contribution >= 0.6 is 11.6 Å². The molecule has 5 nitrogen and oxygen atoms in total. The van der Waals surface area contributed by atoms with Crippen LogP contribution < -0.4 is 10.6 Å². The maximum absolute atomic E-state index is 8.68. The van der Waals surface area contributed by atoms with Gasteiger partial charge >= 0.3 is 0 Å². The molecule has 0 radical (unpaired) electrons. The minimum Gasteiger partial charge on any atom is -0.409 e. The van der Waals surface area contributed by atoms with E-state index in [0.717, 1.165) is 12.8 Å². The smallest absolute Gasteiger partial charge is 0.171 e. The van der Waals surface area contributed by atoms with Crippen molar-refractivity contribution in [3.8, 4) is 0 Å². The molecular weight excluding hydrogens is 240 g/mol. The van der Waals surface area contributed by atoms with Crippen molar-refractivity contribution < 1.29 is 5.21 Å². The Morgan fingerprint density at radius 1 is 1.65 bits per heavy atom. The third-order valence-corrected chi connectivity index (χ3v) is 3.58. The van der Waals surface area contributed by atoms with Gasteiger partial charge in [-0.2, -0.15) is 0 Å². The minimum absolute atomic E-state index is 0.000611. The molecule has 17 heavy (non-hydrogen) atoms. The third kappa shape index (κ3) is 2.15. The Balaban J connectivity index is 2.34. The lowest BCUT2D eigenvalue weighted by Gasteiger charge is -2.36. The van der Waals surface area contributed by atoms with Crippen molar-refractivity contribution in [1.82, 2.24) is 4.98 Å². The molecule has 92 valence electrons. The van der Waals surface area contributed by atoms with E-state index in [9.17, 15) is 0 Å². The van der Waals surface area contributed by atoms with Crippen molar-refractivity contribution >= 4 is 23.3 Å². The average Bonchev–Trinajstić information content (AvgIpc) is 2.26. The molecular formula is C11H15ClN4O. The molecule has 1 aliphatic carbocycles. The minimum atomic E-state index is 0.000611. The highest BCUT2D eigenvalue weighted by Gasteiger charge is 2.25. The first-order chi connectivity index (χ1) is 8.15. The number of oxime groups is 1. The van der Waals surface area contributed by atoms with Crippen LogP contribution in [0.2, 0.25) is 5.02 Å². The first kappa shape index (κ1) is 12.0. The van der Waals surface area contributed by atoms with Crippen molar-refractivity contribution in [2.24, 2.45) is 10.9 Å². The Morgan fingerprint density at radius 3 is 2.88 bits per heavy atom. The third-order valence-electron chi connectivity index (χ3n) is 3.21. The molecule has 6 heteroatoms. The fourth-order valence-electron chi connectivity index (χ4n) is 1.88. The zero-order valence-electron chi connectivity index (χ0n) is 9.60. The summed E-state index contributed by atoms with van der Waals surface area (Å²) in [6.07, 6.45) is 5.17. The summed E-state index contributed by atoms with van der Waals surface area (Å²) in [5, 5.41) is 12.1. The van der Waals surface area contributed by atoms with E-state index in [4.69, 9.17) is 22.5 Å². The van der Waals surface area contributed by atoms with Gasteiger partial charge in [0.05, 0.1) is 5.02 Å². The first-order valence-electron chi connectivity index (χ1n) is 5.50. The van der Waals surface area contributed by atoms with E-state index in [-0.39, 0.29) is 5.84 Å². The lowest BCUT2D eigenvalue weighted by atomic mass is 9.92. The molecule has 0 unspecified atom stereocenters. The summed E-state index contributed by atoms with van der Waals surface area (Å²) in [6.45, 7) is 0. The van der Waals surface area contributed by atoms with Gasteiger partial charge in [-0.05, 0) is 25.3 Å². The molecule has 0 aromatic carbocycles. The van der Waals surface area contributed by atoms with Crippen molar-refractivity contribution in [3.63, 3.8) is 0 Å². The number of rotatable bonds is 3. The van der Waals surface area contributed by atoms with Gasteiger partial charge in [0, 0.05) is 24.8 Å². The van der Waals surface area contributed by atoms with E-state index in [1.807, 2.05) is 7.05 Å². The zero-order valence-corrected chi connectivity index (χ0v) is 10.4. The fourth-order valence-corrected chi connectivity index (χ4v) is 2.22. The van der Waals surface area contributed by atoms with Gasteiger partial charge in [0.25, 0.3) is 0 Å². The van der Waals surface area contributed by atoms with E-state index in [0.29, 0.717) is 22.4 Å². The van der Waals surface area contributed by atoms with Crippen LogP contribution in [0.15, 0.2) is 17.4 Å². The summed E-state index contributed by atoms with van der Waals surface area (Å²) in [4.78, 5) is 6.32. The molecule has 3 N–H and O–H groups in total. The normalized spacial score (nSPS) is 16.7. The van der Waals surface area contributed by atoms with Crippen LogP contribution in [-0.2, 0) is 0 Å². The van der Waals surface area contributed by atoms with E-state index in [2.05, 4.69) is 15.0 Å². The predicted octanol–water partition coefficient (Wildman–Crippen LogP) is 1.82. The second-order valence-electron chi connectivity index (χ2n) is 4.18. The highest BCUT2D eigenvalue weighted by Crippen LogP contribution is 2.32. The number of nitrogens with zero attached hydrogens (tertiary/aromatic N) is 3. The molecule has 1 aromatic heterocycles. The molecule has 2 rings (SSSR count). The molecule has 1 aromatic rings.